The van der Waals surface area contributed by atoms with E-state index < -0.39 is 0 Å². The van der Waals surface area contributed by atoms with Gasteiger partial charge < -0.3 is 15.8 Å². The fraction of sp³-hybridized carbons (Fsp3) is 0.400. The van der Waals surface area contributed by atoms with Gasteiger partial charge in [0.25, 0.3) is 5.91 Å². The zero-order valence-corrected chi connectivity index (χ0v) is 10.1. The summed E-state index contributed by atoms with van der Waals surface area (Å²) in [4.78, 5) is 14.1. The number of nitrogens with two attached hydrogens (primary N) is 1. The van der Waals surface area contributed by atoms with Crippen LogP contribution in [0.2, 0.25) is 0 Å². The van der Waals surface area contributed by atoms with Crippen LogP contribution in [0.25, 0.3) is 0 Å². The fourth-order valence-electron chi connectivity index (χ4n) is 1.27. The van der Waals surface area contributed by atoms with E-state index in [1.807, 2.05) is 11.4 Å². The van der Waals surface area contributed by atoms with E-state index in [-0.39, 0.29) is 17.7 Å². The number of hydrogen-bond donors (Lipinski definition) is 2. The second-order valence-electron chi connectivity index (χ2n) is 3.59. The number of thiophene rings is 1. The number of amides is 1. The highest BCUT2D eigenvalue weighted by molar-refractivity contribution is 7.12. The maximum Gasteiger partial charge on any atom is 0.263 e. The molecule has 3 N–H and O–H groups in total. The Balaban J connectivity index is 2.59. The molecule has 16 heavy (non-hydrogen) atoms. The van der Waals surface area contributed by atoms with Gasteiger partial charge in [-0.2, -0.15) is 0 Å². The van der Waals surface area contributed by atoms with Crippen LogP contribution in [0.1, 0.15) is 16.6 Å². The van der Waals surface area contributed by atoms with E-state index in [1.165, 1.54) is 11.3 Å². The summed E-state index contributed by atoms with van der Waals surface area (Å²) in [5, 5.41) is 13.3. The summed E-state index contributed by atoms with van der Waals surface area (Å²) in [6, 6.07) is 3.61. The average Bonchev–Trinajstić information content (AvgIpc) is 2.79. The van der Waals surface area contributed by atoms with Gasteiger partial charge in [0.15, 0.2) is 0 Å². The number of rotatable bonds is 4. The molecule has 0 aliphatic carbocycles. The standard InChI is InChI=1S/C10H15N3O2S/c1-7(9(11)12-15)6-13(2)10(14)8-4-3-5-16-8/h3-5,7,15H,6H2,1-2H3,(H2,11,12). The van der Waals surface area contributed by atoms with Crippen LogP contribution in [0.15, 0.2) is 22.7 Å². The number of oxime groups is 1. The maximum atomic E-state index is 11.8. The third-order valence-electron chi connectivity index (χ3n) is 2.25. The summed E-state index contributed by atoms with van der Waals surface area (Å²) in [5.74, 6) is -0.0858. The minimum Gasteiger partial charge on any atom is -0.409 e. The summed E-state index contributed by atoms with van der Waals surface area (Å²) in [6.45, 7) is 2.22. The van der Waals surface area contributed by atoms with Gasteiger partial charge in [0.05, 0.1) is 4.88 Å². The first kappa shape index (κ1) is 12.5. The van der Waals surface area contributed by atoms with Gasteiger partial charge in [0.2, 0.25) is 0 Å². The molecule has 1 aromatic heterocycles. The molecule has 1 rings (SSSR count). The molecular formula is C10H15N3O2S. The normalized spacial score (nSPS) is 13.5. The Morgan fingerprint density at radius 2 is 2.44 bits per heavy atom. The van der Waals surface area contributed by atoms with Crippen LogP contribution < -0.4 is 5.73 Å². The molecule has 0 spiro atoms. The van der Waals surface area contributed by atoms with Gasteiger partial charge in [0.1, 0.15) is 5.84 Å². The van der Waals surface area contributed by atoms with Crippen molar-refractivity contribution < 1.29 is 10.0 Å². The number of hydrogen-bond acceptors (Lipinski definition) is 4. The molecule has 0 radical (unpaired) electrons. The van der Waals surface area contributed by atoms with Gasteiger partial charge >= 0.3 is 0 Å². The molecule has 1 amide bonds. The molecule has 0 aliphatic heterocycles. The predicted octanol–water partition coefficient (Wildman–Crippen LogP) is 1.20. The lowest BCUT2D eigenvalue weighted by Gasteiger charge is -2.20. The van der Waals surface area contributed by atoms with Crippen molar-refractivity contribution in [2.75, 3.05) is 13.6 Å². The van der Waals surface area contributed by atoms with Crippen molar-refractivity contribution in [3.05, 3.63) is 22.4 Å². The van der Waals surface area contributed by atoms with Gasteiger partial charge in [-0.05, 0) is 11.4 Å². The molecule has 1 unspecified atom stereocenters. The van der Waals surface area contributed by atoms with Crippen LogP contribution in [0.4, 0.5) is 0 Å². The molecule has 6 heteroatoms. The average molecular weight is 241 g/mol. The maximum absolute atomic E-state index is 11.8. The highest BCUT2D eigenvalue weighted by atomic mass is 32.1. The lowest BCUT2D eigenvalue weighted by Crippen LogP contribution is -2.36. The SMILES string of the molecule is CC(CN(C)C(=O)c1cccs1)C(N)=NO. The van der Waals surface area contributed by atoms with Crippen LogP contribution in [0.3, 0.4) is 0 Å². The lowest BCUT2D eigenvalue weighted by atomic mass is 10.1. The smallest absolute Gasteiger partial charge is 0.263 e. The van der Waals surface area contributed by atoms with Gasteiger partial charge in [-0.3, -0.25) is 4.79 Å². The Hall–Kier alpha value is -1.56. The van der Waals surface area contributed by atoms with Gasteiger partial charge in [0, 0.05) is 19.5 Å². The van der Waals surface area contributed by atoms with Crippen molar-refractivity contribution in [1.82, 2.24) is 4.90 Å². The predicted molar refractivity (Wildman–Crippen MR) is 63.9 cm³/mol. The van der Waals surface area contributed by atoms with Crippen molar-refractivity contribution in [1.29, 1.82) is 0 Å². The Morgan fingerprint density at radius 3 is 2.94 bits per heavy atom. The topological polar surface area (TPSA) is 78.9 Å². The molecular weight excluding hydrogens is 226 g/mol. The molecule has 88 valence electrons. The lowest BCUT2D eigenvalue weighted by molar-refractivity contribution is 0.0791. The Labute approximate surface area is 98.2 Å². The van der Waals surface area contributed by atoms with E-state index in [0.29, 0.717) is 11.4 Å². The second kappa shape index (κ2) is 5.50. The Kier molecular flexibility index (Phi) is 4.30. The number of amidine groups is 1. The van der Waals surface area contributed by atoms with Crippen LogP contribution in [-0.2, 0) is 0 Å². The Bertz CT molecular complexity index is 375. The van der Waals surface area contributed by atoms with Gasteiger partial charge in [-0.15, -0.1) is 11.3 Å². The molecule has 0 saturated carbocycles. The van der Waals surface area contributed by atoms with E-state index in [2.05, 4.69) is 5.16 Å². The first-order chi connectivity index (χ1) is 7.56. The number of nitrogens with zero attached hydrogens (tertiary/aromatic N) is 2. The monoisotopic (exact) mass is 241 g/mol. The van der Waals surface area contributed by atoms with E-state index >= 15 is 0 Å². The van der Waals surface area contributed by atoms with Gasteiger partial charge in [-0.1, -0.05) is 18.1 Å². The van der Waals surface area contributed by atoms with Crippen molar-refractivity contribution in [3.63, 3.8) is 0 Å². The molecule has 0 aromatic carbocycles. The molecule has 0 saturated heterocycles. The van der Waals surface area contributed by atoms with Crippen molar-refractivity contribution >= 4 is 23.1 Å². The van der Waals surface area contributed by atoms with Crippen LogP contribution in [-0.4, -0.2) is 35.4 Å². The third kappa shape index (κ3) is 2.96. The van der Waals surface area contributed by atoms with Crippen molar-refractivity contribution in [2.45, 2.75) is 6.92 Å². The summed E-state index contributed by atoms with van der Waals surface area (Å²) in [7, 11) is 1.70. The number of carbonyl (C=O) groups excluding carboxylic acids is 1. The zero-order chi connectivity index (χ0) is 12.1. The van der Waals surface area contributed by atoms with Crippen LogP contribution in [0, 0.1) is 5.92 Å². The molecule has 0 aliphatic rings. The summed E-state index contributed by atoms with van der Waals surface area (Å²) in [5.41, 5.74) is 5.45. The summed E-state index contributed by atoms with van der Waals surface area (Å²) < 4.78 is 0. The molecule has 1 heterocycles. The number of carbonyl (C=O) groups is 1. The highest BCUT2D eigenvalue weighted by Gasteiger charge is 2.17. The molecule has 1 atom stereocenters. The minimum absolute atomic E-state index is 0.0485. The summed E-state index contributed by atoms with van der Waals surface area (Å²) >= 11 is 1.40. The quantitative estimate of drug-likeness (QED) is 0.360. The molecule has 5 nitrogen and oxygen atoms in total. The van der Waals surface area contributed by atoms with Crippen LogP contribution in [0.5, 0.6) is 0 Å². The van der Waals surface area contributed by atoms with E-state index in [0.717, 1.165) is 0 Å². The van der Waals surface area contributed by atoms with Gasteiger partial charge in [-0.25, -0.2) is 0 Å². The molecule has 1 aromatic rings. The molecule has 0 bridgehead atoms. The fourth-order valence-corrected chi connectivity index (χ4v) is 1.99. The highest BCUT2D eigenvalue weighted by Crippen LogP contribution is 2.12. The van der Waals surface area contributed by atoms with Crippen molar-refractivity contribution in [3.8, 4) is 0 Å². The van der Waals surface area contributed by atoms with E-state index in [1.54, 1.807) is 24.9 Å². The van der Waals surface area contributed by atoms with E-state index in [4.69, 9.17) is 10.9 Å². The third-order valence-corrected chi connectivity index (χ3v) is 3.10. The van der Waals surface area contributed by atoms with E-state index in [9.17, 15) is 4.79 Å². The minimum atomic E-state index is -0.168. The Morgan fingerprint density at radius 1 is 1.75 bits per heavy atom. The van der Waals surface area contributed by atoms with Crippen LogP contribution >= 0.6 is 11.3 Å². The second-order valence-corrected chi connectivity index (χ2v) is 4.54. The first-order valence-electron chi connectivity index (χ1n) is 4.82. The summed E-state index contributed by atoms with van der Waals surface area (Å²) in [6.07, 6.45) is 0. The largest absolute Gasteiger partial charge is 0.409 e. The zero-order valence-electron chi connectivity index (χ0n) is 9.25. The first-order valence-corrected chi connectivity index (χ1v) is 5.70. The molecule has 0 fully saturated rings. The van der Waals surface area contributed by atoms with Crippen molar-refractivity contribution in [2.24, 2.45) is 16.8 Å².